The molecule has 2 aromatic heterocycles. The lowest BCUT2D eigenvalue weighted by molar-refractivity contribution is 0.208. The van der Waals surface area contributed by atoms with Crippen molar-refractivity contribution in [2.45, 2.75) is 13.8 Å². The van der Waals surface area contributed by atoms with Crippen LogP contribution in [0.25, 0.3) is 5.82 Å². The first kappa shape index (κ1) is 19.3. The van der Waals surface area contributed by atoms with E-state index >= 15 is 0 Å². The van der Waals surface area contributed by atoms with Gasteiger partial charge in [0.25, 0.3) is 0 Å². The molecule has 3 aromatic rings. The molecule has 1 N–H and O–H groups in total. The van der Waals surface area contributed by atoms with Crippen molar-refractivity contribution in [1.29, 1.82) is 0 Å². The van der Waals surface area contributed by atoms with Crippen molar-refractivity contribution in [2.24, 2.45) is 0 Å². The van der Waals surface area contributed by atoms with Crippen molar-refractivity contribution in [1.82, 2.24) is 19.4 Å². The molecule has 2 amide bonds. The van der Waals surface area contributed by atoms with E-state index < -0.39 is 0 Å². The lowest BCUT2D eigenvalue weighted by atomic mass is 10.2. The molecule has 0 aliphatic carbocycles. The molecule has 0 spiro atoms. The number of hydrogen-bond acceptors (Lipinski definition) is 4. The van der Waals surface area contributed by atoms with Gasteiger partial charge in [-0.15, -0.1) is 0 Å². The van der Waals surface area contributed by atoms with Crippen LogP contribution >= 0.6 is 11.6 Å². The Morgan fingerprint density at radius 1 is 1.00 bits per heavy atom. The van der Waals surface area contributed by atoms with E-state index in [1.807, 2.05) is 66.0 Å². The van der Waals surface area contributed by atoms with Gasteiger partial charge in [-0.05, 0) is 43.7 Å². The SMILES string of the molecule is Cc1nc(N2CCN(C(=O)Nc3ccc(C)c(Cl)c3)CC2)cc(-n2cccc2)n1. The second kappa shape index (κ2) is 8.13. The minimum absolute atomic E-state index is 0.114. The second-order valence-electron chi connectivity index (χ2n) is 7.09. The van der Waals surface area contributed by atoms with Crippen LogP contribution in [0, 0.1) is 13.8 Å². The highest BCUT2D eigenvalue weighted by molar-refractivity contribution is 6.31. The van der Waals surface area contributed by atoms with E-state index in [9.17, 15) is 4.79 Å². The van der Waals surface area contributed by atoms with Crippen LogP contribution in [-0.2, 0) is 0 Å². The molecule has 0 radical (unpaired) electrons. The maximum absolute atomic E-state index is 12.6. The predicted octanol–water partition coefficient (Wildman–Crippen LogP) is 3.89. The number of rotatable bonds is 3. The van der Waals surface area contributed by atoms with Crippen LogP contribution < -0.4 is 10.2 Å². The van der Waals surface area contributed by atoms with Crippen LogP contribution in [0.4, 0.5) is 16.3 Å². The number of aromatic nitrogens is 3. The van der Waals surface area contributed by atoms with E-state index in [0.29, 0.717) is 36.9 Å². The fraction of sp³-hybridized carbons (Fsp3) is 0.286. The maximum atomic E-state index is 12.6. The first-order chi connectivity index (χ1) is 14.0. The van der Waals surface area contributed by atoms with Gasteiger partial charge >= 0.3 is 6.03 Å². The third kappa shape index (κ3) is 4.35. The number of nitrogens with one attached hydrogen (secondary N) is 1. The molecule has 0 saturated carbocycles. The number of hydrogen-bond donors (Lipinski definition) is 1. The minimum atomic E-state index is -0.114. The van der Waals surface area contributed by atoms with E-state index in [4.69, 9.17) is 11.6 Å². The molecule has 1 aromatic carbocycles. The zero-order valence-electron chi connectivity index (χ0n) is 16.5. The van der Waals surface area contributed by atoms with Gasteiger partial charge in [-0.3, -0.25) is 0 Å². The lowest BCUT2D eigenvalue weighted by Crippen LogP contribution is -2.50. The third-order valence-electron chi connectivity index (χ3n) is 4.99. The number of piperazine rings is 1. The van der Waals surface area contributed by atoms with Gasteiger partial charge in [-0.25, -0.2) is 14.8 Å². The summed E-state index contributed by atoms with van der Waals surface area (Å²) in [5, 5.41) is 3.57. The van der Waals surface area contributed by atoms with Gasteiger partial charge in [0, 0.05) is 55.3 Å². The van der Waals surface area contributed by atoms with E-state index in [0.717, 1.165) is 23.0 Å². The Morgan fingerprint density at radius 2 is 1.69 bits per heavy atom. The van der Waals surface area contributed by atoms with Crippen LogP contribution in [0.5, 0.6) is 0 Å². The standard InChI is InChI=1S/C21H23ClN6O/c1-15-5-6-17(13-18(15)22)25-21(29)28-11-9-27(10-12-28)20-14-19(23-16(2)24-20)26-7-3-4-8-26/h3-8,13-14H,9-12H2,1-2H3,(H,25,29). The quantitative estimate of drug-likeness (QED) is 0.711. The minimum Gasteiger partial charge on any atom is -0.353 e. The summed E-state index contributed by atoms with van der Waals surface area (Å²) < 4.78 is 1.97. The highest BCUT2D eigenvalue weighted by Gasteiger charge is 2.23. The first-order valence-corrected chi connectivity index (χ1v) is 9.93. The summed E-state index contributed by atoms with van der Waals surface area (Å²) in [5.74, 6) is 2.45. The Bertz CT molecular complexity index is 1010. The maximum Gasteiger partial charge on any atom is 0.321 e. The molecule has 8 heteroatoms. The zero-order valence-corrected chi connectivity index (χ0v) is 17.2. The van der Waals surface area contributed by atoms with Crippen molar-refractivity contribution in [3.63, 3.8) is 0 Å². The number of halogens is 1. The molecular formula is C21H23ClN6O. The molecule has 150 valence electrons. The van der Waals surface area contributed by atoms with Crippen LogP contribution in [0.2, 0.25) is 5.02 Å². The number of aryl methyl sites for hydroxylation is 2. The third-order valence-corrected chi connectivity index (χ3v) is 5.40. The molecule has 1 fully saturated rings. The summed E-state index contributed by atoms with van der Waals surface area (Å²) in [4.78, 5) is 25.7. The fourth-order valence-electron chi connectivity index (χ4n) is 3.33. The van der Waals surface area contributed by atoms with Gasteiger partial charge in [-0.1, -0.05) is 17.7 Å². The summed E-state index contributed by atoms with van der Waals surface area (Å²) >= 11 is 6.15. The van der Waals surface area contributed by atoms with Crippen molar-refractivity contribution in [3.8, 4) is 5.82 Å². The van der Waals surface area contributed by atoms with Crippen molar-refractivity contribution >= 4 is 29.1 Å². The van der Waals surface area contributed by atoms with Crippen LogP contribution in [-0.4, -0.2) is 51.6 Å². The van der Waals surface area contributed by atoms with Crippen LogP contribution in [0.3, 0.4) is 0 Å². The Hall–Kier alpha value is -3.06. The number of benzene rings is 1. The molecule has 29 heavy (non-hydrogen) atoms. The average Bonchev–Trinajstić information content (AvgIpc) is 3.25. The molecule has 0 bridgehead atoms. The largest absolute Gasteiger partial charge is 0.353 e. The number of anilines is 2. The molecule has 0 atom stereocenters. The van der Waals surface area contributed by atoms with Crippen LogP contribution in [0.15, 0.2) is 48.8 Å². The Morgan fingerprint density at radius 3 is 2.38 bits per heavy atom. The van der Waals surface area contributed by atoms with Crippen molar-refractivity contribution in [3.05, 3.63) is 65.2 Å². The molecule has 1 aliphatic rings. The second-order valence-corrected chi connectivity index (χ2v) is 7.50. The van der Waals surface area contributed by atoms with E-state index in [1.165, 1.54) is 0 Å². The summed E-state index contributed by atoms with van der Waals surface area (Å²) in [7, 11) is 0. The number of amides is 2. The highest BCUT2D eigenvalue weighted by Crippen LogP contribution is 2.21. The van der Waals surface area contributed by atoms with Gasteiger partial charge in [0.1, 0.15) is 17.5 Å². The number of urea groups is 1. The Balaban J connectivity index is 1.40. The molecular weight excluding hydrogens is 388 g/mol. The fourth-order valence-corrected chi connectivity index (χ4v) is 3.51. The first-order valence-electron chi connectivity index (χ1n) is 9.56. The predicted molar refractivity (Wildman–Crippen MR) is 115 cm³/mol. The molecule has 4 rings (SSSR count). The van der Waals surface area contributed by atoms with E-state index in [2.05, 4.69) is 20.2 Å². The van der Waals surface area contributed by atoms with E-state index in [-0.39, 0.29) is 6.03 Å². The average molecular weight is 411 g/mol. The highest BCUT2D eigenvalue weighted by atomic mass is 35.5. The number of nitrogens with zero attached hydrogens (tertiary/aromatic N) is 5. The van der Waals surface area contributed by atoms with Gasteiger partial charge in [-0.2, -0.15) is 0 Å². The smallest absolute Gasteiger partial charge is 0.321 e. The Labute approximate surface area is 174 Å². The van der Waals surface area contributed by atoms with Gasteiger partial charge in [0.05, 0.1) is 0 Å². The monoisotopic (exact) mass is 410 g/mol. The van der Waals surface area contributed by atoms with Crippen LogP contribution in [0.1, 0.15) is 11.4 Å². The van der Waals surface area contributed by atoms with Gasteiger partial charge in [0.2, 0.25) is 0 Å². The number of carbonyl (C=O) groups is 1. The normalized spacial score (nSPS) is 14.2. The topological polar surface area (TPSA) is 66.3 Å². The molecule has 1 saturated heterocycles. The van der Waals surface area contributed by atoms with E-state index in [1.54, 1.807) is 6.07 Å². The lowest BCUT2D eigenvalue weighted by Gasteiger charge is -2.35. The van der Waals surface area contributed by atoms with Gasteiger partial charge < -0.3 is 19.7 Å². The van der Waals surface area contributed by atoms with Crippen molar-refractivity contribution < 1.29 is 4.79 Å². The molecule has 7 nitrogen and oxygen atoms in total. The molecule has 3 heterocycles. The molecule has 1 aliphatic heterocycles. The Kier molecular flexibility index (Phi) is 5.40. The van der Waals surface area contributed by atoms with Crippen molar-refractivity contribution in [2.75, 3.05) is 36.4 Å². The summed E-state index contributed by atoms with van der Waals surface area (Å²) in [6, 6.07) is 11.3. The summed E-state index contributed by atoms with van der Waals surface area (Å²) in [6.07, 6.45) is 3.93. The van der Waals surface area contributed by atoms with Gasteiger partial charge in [0.15, 0.2) is 0 Å². The molecule has 0 unspecified atom stereocenters. The zero-order chi connectivity index (χ0) is 20.4. The number of carbonyl (C=O) groups excluding carboxylic acids is 1. The summed E-state index contributed by atoms with van der Waals surface area (Å²) in [5.41, 5.74) is 1.69. The summed E-state index contributed by atoms with van der Waals surface area (Å²) in [6.45, 7) is 6.49.